The minimum absolute atomic E-state index is 0.137. The summed E-state index contributed by atoms with van der Waals surface area (Å²) in [6.07, 6.45) is 5.50. The van der Waals surface area contributed by atoms with Crippen LogP contribution in [0.2, 0.25) is 23.2 Å². The van der Waals surface area contributed by atoms with Crippen LogP contribution in [0, 0.1) is 0 Å². The monoisotopic (exact) mass is 896 g/mol. The van der Waals surface area contributed by atoms with E-state index in [1.807, 2.05) is 78.9 Å². The van der Waals surface area contributed by atoms with Crippen molar-refractivity contribution in [1.82, 2.24) is 0 Å². The molecule has 0 aliphatic carbocycles. The van der Waals surface area contributed by atoms with E-state index < -0.39 is 53.3 Å². The van der Waals surface area contributed by atoms with E-state index in [1.54, 1.807) is 14.2 Å². The van der Waals surface area contributed by atoms with Gasteiger partial charge in [0.2, 0.25) is 0 Å². The Kier molecular flexibility index (Phi) is 17.7. The van der Waals surface area contributed by atoms with Crippen LogP contribution >= 0.6 is 0 Å². The lowest BCUT2D eigenvalue weighted by molar-refractivity contribution is -0.272. The predicted octanol–water partition coefficient (Wildman–Crippen LogP) is 10.3. The van der Waals surface area contributed by atoms with Gasteiger partial charge in [0.15, 0.2) is 14.6 Å². The fourth-order valence-corrected chi connectivity index (χ4v) is 12.9. The molecular weight excluding hydrogens is 829 g/mol. The minimum atomic E-state index is -2.86. The number of rotatable bonds is 21. The normalized spacial score (nSPS) is 18.7. The quantitative estimate of drug-likeness (QED) is 0.0285. The molecule has 5 atom stereocenters. The third-order valence-electron chi connectivity index (χ3n) is 12.0. The fraction of sp³-hybridized carbons (Fsp3) is 0.431. The fourth-order valence-electron chi connectivity index (χ4n) is 7.51. The second-order valence-electron chi connectivity index (χ2n) is 18.5. The van der Waals surface area contributed by atoms with Crippen LogP contribution in [0.15, 0.2) is 133 Å². The number of methoxy groups -OCH3 is 2. The number of ether oxygens (including phenoxy) is 5. The number of allylic oxidation sites excluding steroid dienone is 2. The molecule has 0 saturated carbocycles. The van der Waals surface area contributed by atoms with Gasteiger partial charge < -0.3 is 33.2 Å². The van der Waals surface area contributed by atoms with E-state index in [-0.39, 0.29) is 23.1 Å². The number of carboxylic acids is 1. The highest BCUT2D eigenvalue weighted by atomic mass is 28.4. The second kappa shape index (κ2) is 22.5. The molecule has 5 rings (SSSR count). The largest absolute Gasteiger partial charge is 0.497 e. The first-order valence-electron chi connectivity index (χ1n) is 21.8. The van der Waals surface area contributed by atoms with Crippen LogP contribution in [0.4, 0.5) is 0 Å². The van der Waals surface area contributed by atoms with Gasteiger partial charge in [0.25, 0.3) is 0 Å². The van der Waals surface area contributed by atoms with Crippen molar-refractivity contribution in [2.45, 2.75) is 121 Å². The lowest BCUT2D eigenvalue weighted by Gasteiger charge is -2.46. The zero-order valence-electron chi connectivity index (χ0n) is 38.7. The summed E-state index contributed by atoms with van der Waals surface area (Å²) in [5.41, 5.74) is 1.73. The molecule has 1 N–H and O–H groups in total. The van der Waals surface area contributed by atoms with Crippen molar-refractivity contribution in [2.75, 3.05) is 20.8 Å². The number of hydrogen-bond donors (Lipinski definition) is 1. The molecule has 1 saturated heterocycles. The number of hydrogen-bond acceptors (Lipinski definition) is 9. The Morgan fingerprint density at radius 2 is 1.32 bits per heavy atom. The topological polar surface area (TPSA) is 111 Å². The molecule has 1 fully saturated rings. The molecule has 0 aromatic heterocycles. The Morgan fingerprint density at radius 3 is 1.84 bits per heavy atom. The molecule has 340 valence electrons. The lowest BCUT2D eigenvalue weighted by Crippen LogP contribution is -2.66. The first-order valence-corrected chi connectivity index (χ1v) is 26.6. The summed E-state index contributed by atoms with van der Waals surface area (Å²) in [6, 6.07) is 36.1. The van der Waals surface area contributed by atoms with Gasteiger partial charge in [0, 0.05) is 12.0 Å². The molecule has 12 heteroatoms. The van der Waals surface area contributed by atoms with E-state index >= 15 is 0 Å². The molecule has 0 spiro atoms. The maximum absolute atomic E-state index is 12.1. The van der Waals surface area contributed by atoms with Crippen LogP contribution in [0.25, 0.3) is 0 Å². The molecular formula is C51H68O10Si2. The average Bonchev–Trinajstić information content (AvgIpc) is 3.26. The summed E-state index contributed by atoms with van der Waals surface area (Å²) < 4.78 is 44.7. The van der Waals surface area contributed by atoms with Crippen molar-refractivity contribution in [3.63, 3.8) is 0 Å². The highest BCUT2D eigenvalue weighted by Gasteiger charge is 2.52. The Balaban J connectivity index is 1.41. The van der Waals surface area contributed by atoms with Gasteiger partial charge in [-0.15, -0.1) is 0 Å². The molecule has 63 heavy (non-hydrogen) atoms. The van der Waals surface area contributed by atoms with Crippen LogP contribution in [0.1, 0.15) is 78.2 Å². The van der Waals surface area contributed by atoms with Crippen molar-refractivity contribution in [3.8, 4) is 11.5 Å². The first-order chi connectivity index (χ1) is 30.0. The average molecular weight is 897 g/mol. The molecule has 0 amide bonds. The molecule has 4 aromatic carbocycles. The third-order valence-corrected chi connectivity index (χ3v) is 21.3. The van der Waals surface area contributed by atoms with E-state index in [2.05, 4.69) is 109 Å². The Morgan fingerprint density at radius 1 is 0.762 bits per heavy atom. The summed E-state index contributed by atoms with van der Waals surface area (Å²) in [5, 5.41) is 11.9. The standard InChI is InChI=1S/C51H68O10Si2/c1-50(2,3)62(9,10)60-48(46-35-42(36-47(52)53)58-49(59-46)39-28-32-41(55-8)33-29-39)45(56-37-38-26-30-40(54-7)31-27-38)25-19-11-12-20-34-57-61-63(51(4,5)6,43-21-15-13-16-22-43)44-23-17-14-18-24-44/h11-24,26-33,42,45-46,48-49H,25,34-37H2,1-10H3,(H,52,53)/b19-11+,20-12+/t42-,45+,46-,48+,49?/m1/s1. The number of aliphatic carboxylic acids is 1. The summed E-state index contributed by atoms with van der Waals surface area (Å²) in [6.45, 7) is 18.2. The van der Waals surface area contributed by atoms with E-state index in [0.717, 1.165) is 27.2 Å². The number of carbonyl (C=O) groups is 1. The van der Waals surface area contributed by atoms with Crippen molar-refractivity contribution < 1.29 is 47.5 Å². The molecule has 1 aliphatic rings. The summed E-state index contributed by atoms with van der Waals surface area (Å²) in [7, 11) is -2.07. The smallest absolute Gasteiger partial charge is 0.305 e. The Bertz CT molecular complexity index is 2000. The molecule has 1 heterocycles. The SMILES string of the molecule is COc1ccc(CO[C@@H](C/C=C/C=C/COO[Si](c2ccccc2)(c2ccccc2)C(C)(C)C)[C@H](O[Si](C)(C)C(C)(C)C)[C@H]2C[C@H](CC(=O)O)OC(c3ccc(OC)cc3)O2)cc1. The molecule has 10 nitrogen and oxygen atoms in total. The van der Waals surface area contributed by atoms with Crippen molar-refractivity contribution >= 4 is 33.0 Å². The van der Waals surface area contributed by atoms with Gasteiger partial charge in [-0.3, -0.25) is 9.37 Å². The highest BCUT2D eigenvalue weighted by molar-refractivity contribution is 6.99. The molecule has 0 bridgehead atoms. The zero-order valence-corrected chi connectivity index (χ0v) is 40.7. The number of benzene rings is 4. The molecule has 0 radical (unpaired) electrons. The van der Waals surface area contributed by atoms with Crippen molar-refractivity contribution in [3.05, 3.63) is 145 Å². The van der Waals surface area contributed by atoms with Crippen LogP contribution in [-0.2, 0) is 39.5 Å². The maximum atomic E-state index is 12.1. The number of carboxylic acid groups (broad SMARTS) is 1. The van der Waals surface area contributed by atoms with Crippen LogP contribution in [-0.4, -0.2) is 73.0 Å². The van der Waals surface area contributed by atoms with Gasteiger partial charge in [0.1, 0.15) is 11.5 Å². The highest BCUT2D eigenvalue weighted by Crippen LogP contribution is 2.42. The van der Waals surface area contributed by atoms with Gasteiger partial charge in [-0.2, -0.15) is 0 Å². The predicted molar refractivity (Wildman–Crippen MR) is 254 cm³/mol. The Hall–Kier alpha value is -4.38. The third kappa shape index (κ3) is 13.3. The second-order valence-corrected chi connectivity index (χ2v) is 27.5. The van der Waals surface area contributed by atoms with E-state index in [1.165, 1.54) is 0 Å². The molecule has 1 unspecified atom stereocenters. The van der Waals surface area contributed by atoms with Gasteiger partial charge in [0.05, 0.1) is 58.3 Å². The summed E-state index contributed by atoms with van der Waals surface area (Å²) >= 11 is 0. The van der Waals surface area contributed by atoms with Crippen molar-refractivity contribution in [1.29, 1.82) is 0 Å². The minimum Gasteiger partial charge on any atom is -0.497 e. The lowest BCUT2D eigenvalue weighted by atomic mass is 9.96. The zero-order chi connectivity index (χ0) is 45.7. The van der Waals surface area contributed by atoms with Crippen LogP contribution in [0.5, 0.6) is 11.5 Å². The van der Waals surface area contributed by atoms with Crippen LogP contribution < -0.4 is 19.8 Å². The van der Waals surface area contributed by atoms with Crippen molar-refractivity contribution in [2.24, 2.45) is 0 Å². The van der Waals surface area contributed by atoms with E-state index in [4.69, 9.17) is 37.6 Å². The summed E-state index contributed by atoms with van der Waals surface area (Å²) in [5.74, 6) is 0.507. The van der Waals surface area contributed by atoms with Gasteiger partial charge in [-0.05, 0) is 69.8 Å². The Labute approximate surface area is 377 Å². The summed E-state index contributed by atoms with van der Waals surface area (Å²) in [4.78, 5) is 18.2. The van der Waals surface area contributed by atoms with Gasteiger partial charge in [-0.1, -0.05) is 151 Å². The van der Waals surface area contributed by atoms with E-state index in [9.17, 15) is 9.90 Å². The van der Waals surface area contributed by atoms with Gasteiger partial charge >= 0.3 is 14.3 Å². The van der Waals surface area contributed by atoms with Crippen LogP contribution in [0.3, 0.4) is 0 Å². The molecule has 1 aliphatic heterocycles. The van der Waals surface area contributed by atoms with E-state index in [0.29, 0.717) is 25.2 Å². The first kappa shape index (κ1) is 49.6. The molecule has 4 aromatic rings. The van der Waals surface area contributed by atoms with Gasteiger partial charge in [-0.25, -0.2) is 4.89 Å². The maximum Gasteiger partial charge on any atom is 0.305 e.